The zero-order valence-electron chi connectivity index (χ0n) is 13.2. The van der Waals surface area contributed by atoms with Crippen LogP contribution in [-0.2, 0) is 0 Å². The maximum atomic E-state index is 12.7. The van der Waals surface area contributed by atoms with E-state index >= 15 is 0 Å². The number of carbonyl (C=O) groups excluding carboxylic acids is 1. The molecule has 0 atom stereocenters. The molecule has 2 aromatic carbocycles. The average Bonchev–Trinajstić information content (AvgIpc) is 3.06. The molecular weight excluding hydrogens is 272 g/mol. The number of likely N-dealkylation sites (tertiary alicyclic amines) is 1. The quantitative estimate of drug-likeness (QED) is 0.916. The van der Waals surface area contributed by atoms with Crippen LogP contribution in [0.25, 0.3) is 0 Å². The van der Waals surface area contributed by atoms with Crippen molar-refractivity contribution >= 4 is 17.3 Å². The molecule has 0 unspecified atom stereocenters. The number of carbonyl (C=O) groups is 1. The van der Waals surface area contributed by atoms with E-state index in [1.54, 1.807) is 0 Å². The largest absolute Gasteiger partial charge is 0.355 e. The number of hydrogen-bond donors (Lipinski definition) is 1. The highest BCUT2D eigenvalue weighted by molar-refractivity contribution is 6.00. The maximum Gasteiger partial charge on any atom is 0.255 e. The second-order valence-electron chi connectivity index (χ2n) is 5.92. The second kappa shape index (κ2) is 6.22. The molecule has 0 aliphatic carbocycles. The normalized spacial score (nSPS) is 14.2. The van der Waals surface area contributed by atoms with Gasteiger partial charge in [0.15, 0.2) is 0 Å². The van der Waals surface area contributed by atoms with Gasteiger partial charge in [-0.3, -0.25) is 4.79 Å². The van der Waals surface area contributed by atoms with Crippen molar-refractivity contribution in [2.75, 3.05) is 18.4 Å². The molecule has 0 spiro atoms. The van der Waals surface area contributed by atoms with E-state index in [2.05, 4.69) is 31.3 Å². The third kappa shape index (κ3) is 2.84. The first kappa shape index (κ1) is 14.6. The van der Waals surface area contributed by atoms with Crippen LogP contribution < -0.4 is 5.32 Å². The summed E-state index contributed by atoms with van der Waals surface area (Å²) in [7, 11) is 0. The molecule has 3 heteroatoms. The van der Waals surface area contributed by atoms with Gasteiger partial charge in [-0.1, -0.05) is 24.3 Å². The number of anilines is 2. The van der Waals surface area contributed by atoms with E-state index in [4.69, 9.17) is 0 Å². The summed E-state index contributed by atoms with van der Waals surface area (Å²) < 4.78 is 0. The minimum absolute atomic E-state index is 0.130. The Morgan fingerprint density at radius 2 is 1.64 bits per heavy atom. The molecule has 1 saturated heterocycles. The summed E-state index contributed by atoms with van der Waals surface area (Å²) in [5, 5.41) is 3.44. The lowest BCUT2D eigenvalue weighted by Gasteiger charge is -2.19. The SMILES string of the molecule is Cc1cccc(Nc2ccccc2C(=O)N2CCCC2)c1C. The maximum absolute atomic E-state index is 12.7. The van der Waals surface area contributed by atoms with Gasteiger partial charge in [0, 0.05) is 18.8 Å². The van der Waals surface area contributed by atoms with Gasteiger partial charge in [-0.05, 0) is 56.0 Å². The summed E-state index contributed by atoms with van der Waals surface area (Å²) in [6.45, 7) is 5.94. The summed E-state index contributed by atoms with van der Waals surface area (Å²) in [5.41, 5.74) is 5.15. The Balaban J connectivity index is 1.91. The van der Waals surface area contributed by atoms with Gasteiger partial charge in [0.25, 0.3) is 5.91 Å². The molecule has 0 saturated carbocycles. The standard InChI is InChI=1S/C19H22N2O/c1-14-8-7-11-17(15(14)2)20-18-10-4-3-9-16(18)19(22)21-12-5-6-13-21/h3-4,7-11,20H,5-6,12-13H2,1-2H3. The molecule has 1 aliphatic rings. The van der Waals surface area contributed by atoms with Crippen LogP contribution in [0.5, 0.6) is 0 Å². The summed E-state index contributed by atoms with van der Waals surface area (Å²) in [6.07, 6.45) is 2.22. The Labute approximate surface area is 132 Å². The second-order valence-corrected chi connectivity index (χ2v) is 5.92. The Morgan fingerprint density at radius 1 is 0.955 bits per heavy atom. The molecule has 3 nitrogen and oxygen atoms in total. The lowest BCUT2D eigenvalue weighted by atomic mass is 10.1. The van der Waals surface area contributed by atoms with Crippen LogP contribution >= 0.6 is 0 Å². The van der Waals surface area contributed by atoms with E-state index in [9.17, 15) is 4.79 Å². The Bertz CT molecular complexity index is 688. The van der Waals surface area contributed by atoms with Gasteiger partial charge in [-0.15, -0.1) is 0 Å². The summed E-state index contributed by atoms with van der Waals surface area (Å²) in [5.74, 6) is 0.130. The average molecular weight is 294 g/mol. The van der Waals surface area contributed by atoms with E-state index in [-0.39, 0.29) is 5.91 Å². The van der Waals surface area contributed by atoms with Gasteiger partial charge >= 0.3 is 0 Å². The predicted octanol–water partition coefficient (Wildman–Crippen LogP) is 4.28. The van der Waals surface area contributed by atoms with Crippen molar-refractivity contribution in [3.8, 4) is 0 Å². The molecule has 1 aliphatic heterocycles. The minimum atomic E-state index is 0.130. The first-order chi connectivity index (χ1) is 10.7. The fourth-order valence-electron chi connectivity index (χ4n) is 2.90. The van der Waals surface area contributed by atoms with Crippen LogP contribution in [0.3, 0.4) is 0 Å². The minimum Gasteiger partial charge on any atom is -0.355 e. The molecule has 2 aromatic rings. The summed E-state index contributed by atoms with van der Waals surface area (Å²) in [6, 6.07) is 14.0. The molecular formula is C19H22N2O. The Morgan fingerprint density at radius 3 is 2.41 bits per heavy atom. The summed E-state index contributed by atoms with van der Waals surface area (Å²) in [4.78, 5) is 14.6. The molecule has 0 aromatic heterocycles. The highest BCUT2D eigenvalue weighted by Gasteiger charge is 2.21. The lowest BCUT2D eigenvalue weighted by Crippen LogP contribution is -2.28. The van der Waals surface area contributed by atoms with Gasteiger partial charge in [0.1, 0.15) is 0 Å². The smallest absolute Gasteiger partial charge is 0.255 e. The van der Waals surface area contributed by atoms with Gasteiger partial charge in [0.2, 0.25) is 0 Å². The first-order valence-corrected chi connectivity index (χ1v) is 7.88. The third-order valence-electron chi connectivity index (χ3n) is 4.42. The molecule has 0 bridgehead atoms. The highest BCUT2D eigenvalue weighted by atomic mass is 16.2. The van der Waals surface area contributed by atoms with Gasteiger partial charge < -0.3 is 10.2 Å². The van der Waals surface area contributed by atoms with Crippen molar-refractivity contribution in [2.24, 2.45) is 0 Å². The zero-order chi connectivity index (χ0) is 15.5. The Kier molecular flexibility index (Phi) is 4.14. The number of para-hydroxylation sites is 1. The van der Waals surface area contributed by atoms with Crippen LogP contribution in [0.4, 0.5) is 11.4 Å². The molecule has 0 radical (unpaired) electrons. The monoisotopic (exact) mass is 294 g/mol. The molecule has 1 fully saturated rings. The molecule has 22 heavy (non-hydrogen) atoms. The molecule has 3 rings (SSSR count). The van der Waals surface area contributed by atoms with Crippen LogP contribution in [0.2, 0.25) is 0 Å². The van der Waals surface area contributed by atoms with Gasteiger partial charge in [-0.2, -0.15) is 0 Å². The number of nitrogens with one attached hydrogen (secondary N) is 1. The fraction of sp³-hybridized carbons (Fsp3) is 0.316. The van der Waals surface area contributed by atoms with Crippen molar-refractivity contribution in [3.63, 3.8) is 0 Å². The molecule has 114 valence electrons. The van der Waals surface area contributed by atoms with Crippen molar-refractivity contribution in [3.05, 3.63) is 59.2 Å². The number of nitrogens with zero attached hydrogens (tertiary/aromatic N) is 1. The molecule has 1 amide bonds. The summed E-state index contributed by atoms with van der Waals surface area (Å²) >= 11 is 0. The van der Waals surface area contributed by atoms with E-state index in [1.165, 1.54) is 11.1 Å². The third-order valence-corrected chi connectivity index (χ3v) is 4.42. The van der Waals surface area contributed by atoms with Crippen molar-refractivity contribution in [1.29, 1.82) is 0 Å². The predicted molar refractivity (Wildman–Crippen MR) is 90.8 cm³/mol. The number of hydrogen-bond acceptors (Lipinski definition) is 2. The van der Waals surface area contributed by atoms with E-state index in [0.717, 1.165) is 42.9 Å². The topological polar surface area (TPSA) is 32.3 Å². The number of rotatable bonds is 3. The van der Waals surface area contributed by atoms with Crippen molar-refractivity contribution in [2.45, 2.75) is 26.7 Å². The van der Waals surface area contributed by atoms with E-state index in [0.29, 0.717) is 0 Å². The Hall–Kier alpha value is -2.29. The fourth-order valence-corrected chi connectivity index (χ4v) is 2.90. The number of amides is 1. The van der Waals surface area contributed by atoms with E-state index < -0.39 is 0 Å². The van der Waals surface area contributed by atoms with E-state index in [1.807, 2.05) is 35.2 Å². The van der Waals surface area contributed by atoms with Gasteiger partial charge in [-0.25, -0.2) is 0 Å². The first-order valence-electron chi connectivity index (χ1n) is 7.88. The van der Waals surface area contributed by atoms with Crippen LogP contribution in [0.15, 0.2) is 42.5 Å². The lowest BCUT2D eigenvalue weighted by molar-refractivity contribution is 0.0794. The number of aryl methyl sites for hydroxylation is 1. The molecule has 1 heterocycles. The van der Waals surface area contributed by atoms with Crippen LogP contribution in [0.1, 0.15) is 34.3 Å². The number of benzene rings is 2. The zero-order valence-corrected chi connectivity index (χ0v) is 13.2. The van der Waals surface area contributed by atoms with Crippen LogP contribution in [0, 0.1) is 13.8 Å². The van der Waals surface area contributed by atoms with Gasteiger partial charge in [0.05, 0.1) is 11.3 Å². The highest BCUT2D eigenvalue weighted by Crippen LogP contribution is 2.26. The van der Waals surface area contributed by atoms with Crippen LogP contribution in [-0.4, -0.2) is 23.9 Å². The molecule has 1 N–H and O–H groups in total. The van der Waals surface area contributed by atoms with Crippen molar-refractivity contribution in [1.82, 2.24) is 4.90 Å². The van der Waals surface area contributed by atoms with Crippen molar-refractivity contribution < 1.29 is 4.79 Å².